The van der Waals surface area contributed by atoms with Crippen LogP contribution in [0.4, 0.5) is 29.2 Å². The standard InChI is InChI=1S/C29H27F4N7O3/c1-16-4-2-3-5-22(16)25(26(42)37-20-11-29(32,33)12-20)39(21-9-17(30)8-18(31)10-21)27(43)23-14-35-15-24(41)40(23)28-36-7-6-19(13-34)38-28/h2-10,20,23-25,35,41H,11-12,14-15H2,1H3,(H,37,42). The fourth-order valence-electron chi connectivity index (χ4n) is 5.34. The summed E-state index contributed by atoms with van der Waals surface area (Å²) in [6, 6.07) is 8.29. The van der Waals surface area contributed by atoms with Crippen molar-refractivity contribution in [1.82, 2.24) is 20.6 Å². The number of aromatic nitrogens is 2. The summed E-state index contributed by atoms with van der Waals surface area (Å²) in [6.07, 6.45) is -1.29. The highest BCUT2D eigenvalue weighted by Gasteiger charge is 2.48. The van der Waals surface area contributed by atoms with E-state index in [1.807, 2.05) is 6.07 Å². The number of piperazine rings is 1. The molecule has 1 aromatic heterocycles. The van der Waals surface area contributed by atoms with Gasteiger partial charge in [0.15, 0.2) is 0 Å². The molecule has 1 aliphatic carbocycles. The summed E-state index contributed by atoms with van der Waals surface area (Å²) in [5, 5.41) is 25.7. The van der Waals surface area contributed by atoms with Gasteiger partial charge in [0.25, 0.3) is 11.8 Å². The first-order valence-corrected chi connectivity index (χ1v) is 13.4. The SMILES string of the molecule is Cc1ccccc1C(C(=O)NC1CC(F)(F)C1)N(C(=O)C1CNCC(O)N1c1nccc(C#N)n1)c1cc(F)cc(F)c1. The normalized spacial score (nSPS) is 20.4. The fraction of sp³-hybridized carbons (Fsp3) is 0.345. The van der Waals surface area contributed by atoms with E-state index in [0.29, 0.717) is 11.6 Å². The number of halogens is 4. The Hall–Kier alpha value is -4.61. The van der Waals surface area contributed by atoms with Crippen LogP contribution in [0.1, 0.15) is 35.7 Å². The minimum absolute atomic E-state index is 0.0177. The van der Waals surface area contributed by atoms with Crippen LogP contribution in [0.15, 0.2) is 54.7 Å². The molecular weight excluding hydrogens is 570 g/mol. The molecule has 2 aliphatic rings. The molecule has 1 saturated carbocycles. The maximum absolute atomic E-state index is 14.6. The number of nitrogens with zero attached hydrogens (tertiary/aromatic N) is 5. The number of β-amino-alcohol motifs (C(OH)–C–C–N with tert-alkyl or cyclic N) is 1. The van der Waals surface area contributed by atoms with Gasteiger partial charge >= 0.3 is 0 Å². The fourth-order valence-corrected chi connectivity index (χ4v) is 5.34. The summed E-state index contributed by atoms with van der Waals surface area (Å²) in [5.74, 6) is -6.89. The minimum atomic E-state index is -2.94. The smallest absolute Gasteiger partial charge is 0.252 e. The number of carbonyl (C=O) groups excluding carboxylic acids is 2. The van der Waals surface area contributed by atoms with Gasteiger partial charge in [-0.3, -0.25) is 14.5 Å². The summed E-state index contributed by atoms with van der Waals surface area (Å²) in [6.45, 7) is 1.54. The van der Waals surface area contributed by atoms with E-state index >= 15 is 0 Å². The van der Waals surface area contributed by atoms with Crippen molar-refractivity contribution in [3.63, 3.8) is 0 Å². The first kappa shape index (κ1) is 29.9. The highest BCUT2D eigenvalue weighted by atomic mass is 19.3. The molecule has 0 radical (unpaired) electrons. The van der Waals surface area contributed by atoms with Gasteiger partial charge in [-0.15, -0.1) is 0 Å². The Balaban J connectivity index is 1.64. The third kappa shape index (κ3) is 6.27. The number of hydrogen-bond acceptors (Lipinski definition) is 8. The van der Waals surface area contributed by atoms with Crippen molar-refractivity contribution in [1.29, 1.82) is 5.26 Å². The Morgan fingerprint density at radius 1 is 1.16 bits per heavy atom. The first-order chi connectivity index (χ1) is 20.5. The zero-order valence-corrected chi connectivity index (χ0v) is 22.8. The van der Waals surface area contributed by atoms with Gasteiger partial charge in [0.2, 0.25) is 11.9 Å². The Bertz CT molecular complexity index is 1560. The van der Waals surface area contributed by atoms with Crippen molar-refractivity contribution in [2.45, 2.75) is 50.0 Å². The predicted molar refractivity (Wildman–Crippen MR) is 146 cm³/mol. The van der Waals surface area contributed by atoms with Gasteiger partial charge < -0.3 is 20.6 Å². The van der Waals surface area contributed by atoms with Gasteiger partial charge in [0.1, 0.15) is 41.7 Å². The summed E-state index contributed by atoms with van der Waals surface area (Å²) >= 11 is 0. The number of nitriles is 1. The molecule has 0 spiro atoms. The second-order valence-corrected chi connectivity index (χ2v) is 10.5. The van der Waals surface area contributed by atoms with Crippen LogP contribution >= 0.6 is 0 Å². The number of carbonyl (C=O) groups is 2. The summed E-state index contributed by atoms with van der Waals surface area (Å²) in [5.41, 5.74) is 0.458. The molecule has 3 atom stereocenters. The van der Waals surface area contributed by atoms with E-state index in [9.17, 15) is 37.5 Å². The van der Waals surface area contributed by atoms with Crippen LogP contribution in [0, 0.1) is 29.9 Å². The molecule has 2 heterocycles. The lowest BCUT2D eigenvalue weighted by Gasteiger charge is -2.43. The number of nitrogens with one attached hydrogen (secondary N) is 2. The number of anilines is 2. The summed E-state index contributed by atoms with van der Waals surface area (Å²) < 4.78 is 56.5. The Morgan fingerprint density at radius 3 is 2.51 bits per heavy atom. The average molecular weight is 598 g/mol. The quantitative estimate of drug-likeness (QED) is 0.354. The van der Waals surface area contributed by atoms with Crippen LogP contribution in [0.5, 0.6) is 0 Å². The van der Waals surface area contributed by atoms with E-state index in [1.165, 1.54) is 12.3 Å². The maximum atomic E-state index is 14.6. The lowest BCUT2D eigenvalue weighted by molar-refractivity contribution is -0.133. The van der Waals surface area contributed by atoms with Crippen LogP contribution in [0.2, 0.25) is 0 Å². The Kier molecular flexibility index (Phi) is 8.30. The van der Waals surface area contributed by atoms with Gasteiger partial charge in [0.05, 0.1) is 5.69 Å². The maximum Gasteiger partial charge on any atom is 0.252 e. The zero-order valence-electron chi connectivity index (χ0n) is 22.8. The molecule has 5 rings (SSSR count). The van der Waals surface area contributed by atoms with Crippen molar-refractivity contribution in [3.8, 4) is 6.07 Å². The van der Waals surface area contributed by atoms with Crippen molar-refractivity contribution >= 4 is 23.5 Å². The lowest BCUT2D eigenvalue weighted by Crippen LogP contribution is -2.64. The third-order valence-electron chi connectivity index (χ3n) is 7.38. The molecule has 0 bridgehead atoms. The van der Waals surface area contributed by atoms with Crippen LogP contribution in [-0.4, -0.2) is 64.2 Å². The number of benzene rings is 2. The van der Waals surface area contributed by atoms with Gasteiger partial charge in [-0.2, -0.15) is 5.26 Å². The molecule has 2 aromatic carbocycles. The van der Waals surface area contributed by atoms with E-state index in [2.05, 4.69) is 20.6 Å². The van der Waals surface area contributed by atoms with Crippen LogP contribution < -0.4 is 20.4 Å². The van der Waals surface area contributed by atoms with E-state index in [1.54, 1.807) is 31.2 Å². The molecule has 43 heavy (non-hydrogen) atoms. The number of amides is 2. The second-order valence-electron chi connectivity index (χ2n) is 10.5. The molecule has 2 amide bonds. The number of rotatable bonds is 7. The number of aliphatic hydroxyl groups is 1. The van der Waals surface area contributed by atoms with Crippen LogP contribution in [-0.2, 0) is 9.59 Å². The summed E-state index contributed by atoms with van der Waals surface area (Å²) in [7, 11) is 0. The Morgan fingerprint density at radius 2 is 1.86 bits per heavy atom. The van der Waals surface area contributed by atoms with Crippen molar-refractivity contribution in [3.05, 3.63) is 83.2 Å². The Labute approximate surface area is 244 Å². The first-order valence-electron chi connectivity index (χ1n) is 13.4. The number of aliphatic hydroxyl groups excluding tert-OH is 1. The average Bonchev–Trinajstić information content (AvgIpc) is 2.94. The number of aryl methyl sites for hydroxylation is 1. The zero-order chi connectivity index (χ0) is 30.9. The number of hydrogen-bond donors (Lipinski definition) is 3. The molecule has 14 heteroatoms. The van der Waals surface area contributed by atoms with Gasteiger partial charge in [-0.25, -0.2) is 27.5 Å². The molecule has 3 unspecified atom stereocenters. The molecule has 1 aliphatic heterocycles. The van der Waals surface area contributed by atoms with Crippen LogP contribution in [0.3, 0.4) is 0 Å². The van der Waals surface area contributed by atoms with Crippen molar-refractivity contribution in [2.75, 3.05) is 22.9 Å². The van der Waals surface area contributed by atoms with Crippen molar-refractivity contribution < 1.29 is 32.3 Å². The van der Waals surface area contributed by atoms with E-state index in [-0.39, 0.29) is 36.0 Å². The lowest BCUT2D eigenvalue weighted by atomic mass is 9.87. The monoisotopic (exact) mass is 597 g/mol. The van der Waals surface area contributed by atoms with Gasteiger partial charge in [0, 0.05) is 44.2 Å². The van der Waals surface area contributed by atoms with Crippen molar-refractivity contribution in [2.24, 2.45) is 0 Å². The van der Waals surface area contributed by atoms with Gasteiger partial charge in [-0.05, 0) is 36.2 Å². The third-order valence-corrected chi connectivity index (χ3v) is 7.38. The highest BCUT2D eigenvalue weighted by molar-refractivity contribution is 6.05. The largest absolute Gasteiger partial charge is 0.372 e. The second kappa shape index (κ2) is 11.9. The molecule has 3 aromatic rings. The predicted octanol–water partition coefficient (Wildman–Crippen LogP) is 2.72. The molecule has 2 fully saturated rings. The van der Waals surface area contributed by atoms with E-state index < -0.39 is 66.6 Å². The van der Waals surface area contributed by atoms with Gasteiger partial charge in [-0.1, -0.05) is 24.3 Å². The van der Waals surface area contributed by atoms with Crippen LogP contribution in [0.25, 0.3) is 0 Å². The van der Waals surface area contributed by atoms with E-state index in [4.69, 9.17) is 0 Å². The number of alkyl halides is 2. The van der Waals surface area contributed by atoms with E-state index in [0.717, 1.165) is 21.9 Å². The molecule has 10 nitrogen and oxygen atoms in total. The summed E-state index contributed by atoms with van der Waals surface area (Å²) in [4.78, 5) is 38.7. The topological polar surface area (TPSA) is 134 Å². The molecule has 1 saturated heterocycles. The molecule has 3 N–H and O–H groups in total. The minimum Gasteiger partial charge on any atom is -0.372 e. The highest BCUT2D eigenvalue weighted by Crippen LogP contribution is 2.39. The molecule has 224 valence electrons. The molecular formula is C29H27F4N7O3.